The van der Waals surface area contributed by atoms with E-state index in [1.54, 1.807) is 30.2 Å². The Kier molecular flexibility index (Phi) is 5.14. The van der Waals surface area contributed by atoms with Crippen LogP contribution in [0.25, 0.3) is 0 Å². The first-order chi connectivity index (χ1) is 15.0. The zero-order valence-electron chi connectivity index (χ0n) is 17.2. The van der Waals surface area contributed by atoms with Crippen LogP contribution in [-0.2, 0) is 11.2 Å². The van der Waals surface area contributed by atoms with Gasteiger partial charge in [0, 0.05) is 30.6 Å². The van der Waals surface area contributed by atoms with E-state index in [9.17, 15) is 9.59 Å². The van der Waals surface area contributed by atoms with Crippen molar-refractivity contribution in [3.05, 3.63) is 58.6 Å². The van der Waals surface area contributed by atoms with Crippen LogP contribution in [0.2, 0.25) is 5.02 Å². The van der Waals surface area contributed by atoms with Crippen molar-refractivity contribution >= 4 is 29.4 Å². The number of urea groups is 1. The second-order valence-corrected chi connectivity index (χ2v) is 8.61. The van der Waals surface area contributed by atoms with Crippen molar-refractivity contribution < 1.29 is 19.1 Å². The number of carbonyl (C=O) groups is 2. The molecule has 0 aromatic heterocycles. The molecule has 3 aliphatic rings. The van der Waals surface area contributed by atoms with E-state index in [1.807, 2.05) is 17.0 Å². The van der Waals surface area contributed by atoms with Crippen molar-refractivity contribution in [1.82, 2.24) is 9.80 Å². The summed E-state index contributed by atoms with van der Waals surface area (Å²) in [6.07, 6.45) is 1.84. The van der Waals surface area contributed by atoms with E-state index in [2.05, 4.69) is 17.4 Å². The number of likely N-dealkylation sites (tertiary alicyclic amines) is 1. The predicted octanol–water partition coefficient (Wildman–Crippen LogP) is 4.46. The monoisotopic (exact) mass is 441 g/mol. The zero-order chi connectivity index (χ0) is 21.5. The number of nitrogens with one attached hydrogen (secondary N) is 1. The number of carbonyl (C=O) groups excluding carboxylic acids is 2. The van der Waals surface area contributed by atoms with Crippen LogP contribution < -0.4 is 10.1 Å². The van der Waals surface area contributed by atoms with Crippen molar-refractivity contribution in [3.63, 3.8) is 0 Å². The summed E-state index contributed by atoms with van der Waals surface area (Å²) in [5, 5.41) is 3.41. The molecular formula is C23H24ClN3O4. The van der Waals surface area contributed by atoms with Crippen molar-refractivity contribution in [1.29, 1.82) is 0 Å². The molecule has 2 atom stereocenters. The molecule has 162 valence electrons. The molecule has 8 heteroatoms. The molecule has 7 nitrogen and oxygen atoms in total. The van der Waals surface area contributed by atoms with Crippen LogP contribution in [0.4, 0.5) is 15.3 Å². The summed E-state index contributed by atoms with van der Waals surface area (Å²) in [6.45, 7) is 1.12. The van der Waals surface area contributed by atoms with Crippen LogP contribution in [-0.4, -0.2) is 54.3 Å². The average molecular weight is 442 g/mol. The minimum Gasteiger partial charge on any atom is -0.495 e. The predicted molar refractivity (Wildman–Crippen MR) is 117 cm³/mol. The summed E-state index contributed by atoms with van der Waals surface area (Å²) < 4.78 is 11.0. The number of amides is 3. The summed E-state index contributed by atoms with van der Waals surface area (Å²) >= 11 is 6.06. The first-order valence-electron chi connectivity index (χ1n) is 10.5. The van der Waals surface area contributed by atoms with Gasteiger partial charge in [-0.2, -0.15) is 0 Å². The maximum absolute atomic E-state index is 12.8. The molecule has 2 heterocycles. The van der Waals surface area contributed by atoms with E-state index in [0.717, 1.165) is 6.42 Å². The van der Waals surface area contributed by atoms with Gasteiger partial charge in [0.25, 0.3) is 0 Å². The van der Waals surface area contributed by atoms with Crippen LogP contribution >= 0.6 is 11.6 Å². The Labute approximate surface area is 185 Å². The van der Waals surface area contributed by atoms with E-state index in [4.69, 9.17) is 21.1 Å². The van der Waals surface area contributed by atoms with E-state index < -0.39 is 0 Å². The Morgan fingerprint density at radius 1 is 1.19 bits per heavy atom. The molecule has 5 rings (SSSR count). The van der Waals surface area contributed by atoms with Crippen LogP contribution in [0, 0.1) is 0 Å². The molecule has 0 bridgehead atoms. The highest BCUT2D eigenvalue weighted by molar-refractivity contribution is 6.31. The molecule has 3 amide bonds. The zero-order valence-corrected chi connectivity index (χ0v) is 18.0. The van der Waals surface area contributed by atoms with Crippen LogP contribution in [0.3, 0.4) is 0 Å². The van der Waals surface area contributed by atoms with Crippen LogP contribution in [0.15, 0.2) is 42.5 Å². The van der Waals surface area contributed by atoms with Gasteiger partial charge in [0.1, 0.15) is 11.9 Å². The molecule has 2 aromatic rings. The molecule has 31 heavy (non-hydrogen) atoms. The normalized spacial score (nSPS) is 22.7. The van der Waals surface area contributed by atoms with Gasteiger partial charge in [0.2, 0.25) is 0 Å². The molecule has 0 saturated carbocycles. The van der Waals surface area contributed by atoms with Gasteiger partial charge in [-0.25, -0.2) is 9.59 Å². The average Bonchev–Trinajstić information content (AvgIpc) is 3.28. The molecule has 0 spiro atoms. The number of nitrogens with zero attached hydrogens (tertiary/aromatic N) is 2. The summed E-state index contributed by atoms with van der Waals surface area (Å²) in [6, 6.07) is 13.2. The van der Waals surface area contributed by atoms with E-state index in [1.165, 1.54) is 11.1 Å². The summed E-state index contributed by atoms with van der Waals surface area (Å²) in [7, 11) is 1.55. The second kappa shape index (κ2) is 7.96. The Bertz CT molecular complexity index is 1020. The molecule has 2 unspecified atom stereocenters. The molecule has 2 aromatic carbocycles. The Morgan fingerprint density at radius 2 is 1.97 bits per heavy atom. The minimum atomic E-state index is -0.240. The van der Waals surface area contributed by atoms with E-state index in [-0.39, 0.29) is 30.3 Å². The number of hydrogen-bond donors (Lipinski definition) is 1. The number of hydrogen-bond acceptors (Lipinski definition) is 4. The lowest BCUT2D eigenvalue weighted by molar-refractivity contribution is 0.113. The number of benzene rings is 2. The maximum atomic E-state index is 12.8. The Balaban J connectivity index is 1.25. The highest BCUT2D eigenvalue weighted by Gasteiger charge is 2.50. The lowest BCUT2D eigenvalue weighted by Crippen LogP contribution is -2.48. The minimum absolute atomic E-state index is 0.0233. The van der Waals surface area contributed by atoms with E-state index >= 15 is 0 Å². The highest BCUT2D eigenvalue weighted by atomic mass is 35.5. The van der Waals surface area contributed by atoms with E-state index in [0.29, 0.717) is 42.4 Å². The molecule has 1 N–H and O–H groups in total. The van der Waals surface area contributed by atoms with Crippen molar-refractivity contribution in [2.24, 2.45) is 0 Å². The Hall–Kier alpha value is -2.93. The quantitative estimate of drug-likeness (QED) is 0.763. The maximum Gasteiger partial charge on any atom is 0.411 e. The van der Waals surface area contributed by atoms with Gasteiger partial charge in [0.15, 0.2) is 0 Å². The number of fused-ring (bicyclic) bond motifs is 3. The van der Waals surface area contributed by atoms with Crippen LogP contribution in [0.5, 0.6) is 5.75 Å². The fourth-order valence-electron chi connectivity index (χ4n) is 4.97. The number of rotatable bonds is 3. The molecule has 2 fully saturated rings. The number of methoxy groups -OCH3 is 1. The standard InChI is InChI=1S/C23H24ClN3O4/c1-30-19-7-6-15(24)13-18(19)25-22(28)26-10-8-16(9-11-26)27-21-17-5-3-2-4-14(17)12-20(21)31-23(27)29/h2-7,13,16,20-21H,8-12H2,1H3,(H,25,28). The van der Waals surface area contributed by atoms with Crippen LogP contribution in [0.1, 0.15) is 30.0 Å². The summed E-state index contributed by atoms with van der Waals surface area (Å²) in [5.74, 6) is 0.554. The second-order valence-electron chi connectivity index (χ2n) is 8.17. The fourth-order valence-corrected chi connectivity index (χ4v) is 5.14. The lowest BCUT2D eigenvalue weighted by Gasteiger charge is -2.37. The number of ether oxygens (including phenoxy) is 2. The lowest BCUT2D eigenvalue weighted by atomic mass is 9.99. The molecule has 0 radical (unpaired) electrons. The summed E-state index contributed by atoms with van der Waals surface area (Å²) in [5.41, 5.74) is 2.98. The molecule has 2 aliphatic heterocycles. The largest absolute Gasteiger partial charge is 0.495 e. The third-order valence-corrected chi connectivity index (χ3v) is 6.69. The first kappa shape index (κ1) is 20.0. The van der Waals surface area contributed by atoms with Gasteiger partial charge in [-0.15, -0.1) is 0 Å². The molecular weight excluding hydrogens is 418 g/mol. The van der Waals surface area contributed by atoms with Crippen molar-refractivity contribution in [2.75, 3.05) is 25.5 Å². The fraction of sp³-hybridized carbons (Fsp3) is 0.391. The van der Waals surface area contributed by atoms with Gasteiger partial charge in [-0.1, -0.05) is 35.9 Å². The van der Waals surface area contributed by atoms with Crippen molar-refractivity contribution in [3.8, 4) is 5.75 Å². The van der Waals surface area contributed by atoms with Gasteiger partial charge in [-0.3, -0.25) is 4.90 Å². The topological polar surface area (TPSA) is 71.1 Å². The van der Waals surface area contributed by atoms with Gasteiger partial charge >= 0.3 is 12.1 Å². The van der Waals surface area contributed by atoms with Gasteiger partial charge in [-0.05, 0) is 42.2 Å². The van der Waals surface area contributed by atoms with Gasteiger partial charge in [0.05, 0.1) is 18.8 Å². The highest BCUT2D eigenvalue weighted by Crippen LogP contribution is 2.44. The molecule has 2 saturated heterocycles. The first-order valence-corrected chi connectivity index (χ1v) is 10.9. The smallest absolute Gasteiger partial charge is 0.411 e. The third-order valence-electron chi connectivity index (χ3n) is 6.46. The third kappa shape index (κ3) is 3.57. The number of anilines is 1. The Morgan fingerprint density at radius 3 is 2.74 bits per heavy atom. The summed E-state index contributed by atoms with van der Waals surface area (Å²) in [4.78, 5) is 29.1. The number of halogens is 1. The van der Waals surface area contributed by atoms with Crippen molar-refractivity contribution in [2.45, 2.75) is 37.5 Å². The SMILES string of the molecule is COc1ccc(Cl)cc1NC(=O)N1CCC(N2C(=O)OC3Cc4ccccc4C32)CC1. The van der Waals surface area contributed by atoms with Gasteiger partial charge < -0.3 is 19.7 Å². The number of piperidine rings is 1. The molecule has 1 aliphatic carbocycles.